The lowest BCUT2D eigenvalue weighted by Crippen LogP contribution is -2.51. The molecule has 0 radical (unpaired) electrons. The molecule has 1 aromatic heterocycles. The van der Waals surface area contributed by atoms with Gasteiger partial charge in [-0.25, -0.2) is 8.78 Å². The molecular formula is C33H40F2N6O8. The van der Waals surface area contributed by atoms with Crippen molar-refractivity contribution in [1.82, 2.24) is 29.9 Å². The number of carbonyl (C=O) groups excluding carboxylic acids is 4. The van der Waals surface area contributed by atoms with E-state index in [2.05, 4.69) is 20.4 Å². The van der Waals surface area contributed by atoms with Gasteiger partial charge in [-0.1, -0.05) is 6.07 Å². The van der Waals surface area contributed by atoms with Crippen molar-refractivity contribution in [2.75, 3.05) is 59.3 Å². The molecule has 0 saturated carbocycles. The van der Waals surface area contributed by atoms with Gasteiger partial charge in [-0.2, -0.15) is 0 Å². The number of benzene rings is 1. The van der Waals surface area contributed by atoms with Crippen LogP contribution in [0.25, 0.3) is 0 Å². The molecule has 264 valence electrons. The molecule has 3 saturated heterocycles. The molecule has 16 heteroatoms. The molecule has 2 N–H and O–H groups in total. The fraction of sp³-hybridized carbons (Fsp3) is 0.545. The third kappa shape index (κ3) is 7.03. The number of nitrogens with zero attached hydrogens (tertiary/aromatic N) is 4. The zero-order valence-corrected chi connectivity index (χ0v) is 27.5. The molecule has 0 spiro atoms. The van der Waals surface area contributed by atoms with Crippen LogP contribution in [0.1, 0.15) is 53.1 Å². The first-order chi connectivity index (χ1) is 23.5. The molecule has 0 bridgehead atoms. The summed E-state index contributed by atoms with van der Waals surface area (Å²) in [5.74, 6) is -4.96. The third-order valence-electron chi connectivity index (χ3n) is 9.62. The van der Waals surface area contributed by atoms with E-state index in [-0.39, 0.29) is 42.1 Å². The highest BCUT2D eigenvalue weighted by atomic mass is 19.1. The van der Waals surface area contributed by atoms with Crippen LogP contribution in [-0.4, -0.2) is 114 Å². The van der Waals surface area contributed by atoms with Crippen LogP contribution in [0.15, 0.2) is 29.2 Å². The lowest BCUT2D eigenvalue weighted by molar-refractivity contribution is -0.164. The van der Waals surface area contributed by atoms with Crippen LogP contribution in [0.2, 0.25) is 0 Å². The average Bonchev–Trinajstić information content (AvgIpc) is 3.68. The number of fused-ring (bicyclic) bond motifs is 4. The van der Waals surface area contributed by atoms with E-state index in [1.54, 1.807) is 4.90 Å². The first kappa shape index (κ1) is 34.5. The van der Waals surface area contributed by atoms with Gasteiger partial charge in [-0.05, 0) is 32.8 Å². The molecule has 5 heterocycles. The number of ether oxygens (including phenoxy) is 3. The molecule has 4 aliphatic heterocycles. The van der Waals surface area contributed by atoms with Gasteiger partial charge in [0.15, 0.2) is 5.69 Å². The van der Waals surface area contributed by atoms with Crippen molar-refractivity contribution in [2.45, 2.75) is 52.0 Å². The minimum Gasteiger partial charge on any atom is -0.451 e. The van der Waals surface area contributed by atoms with Crippen LogP contribution in [0, 0.1) is 17.0 Å². The first-order valence-electron chi connectivity index (χ1n) is 16.4. The molecule has 49 heavy (non-hydrogen) atoms. The minimum atomic E-state index is -1.61. The van der Waals surface area contributed by atoms with Crippen molar-refractivity contribution in [3.05, 3.63) is 63.1 Å². The van der Waals surface area contributed by atoms with Crippen molar-refractivity contribution in [2.24, 2.45) is 5.41 Å². The highest BCUT2D eigenvalue weighted by molar-refractivity contribution is 6.02. The van der Waals surface area contributed by atoms with Crippen LogP contribution in [0.4, 0.5) is 8.78 Å². The summed E-state index contributed by atoms with van der Waals surface area (Å²) in [6, 6.07) is 3.09. The van der Waals surface area contributed by atoms with E-state index in [1.165, 1.54) is 30.7 Å². The van der Waals surface area contributed by atoms with Gasteiger partial charge < -0.3 is 34.3 Å². The molecule has 2 atom stereocenters. The zero-order valence-electron chi connectivity index (χ0n) is 27.5. The number of aromatic nitrogens is 1. The van der Waals surface area contributed by atoms with Gasteiger partial charge in [0.25, 0.3) is 11.8 Å². The number of hydrogen-bond donors (Lipinski definition) is 2. The standard InChI is InChI=1S/C33H40F2N6O8/c1-33(2,31(45)36-7-9-38-10-12-47-13-11-38)32(46)49-19-48-28-26-30(44)41-16-22-4-3-8-40(22)25(41)18-39(26)17-23(27(28)42)29(43)37-15-20-5-6-21(34)14-24(20)35/h5-6,14,17,22,25H,3-4,7-13,15-16,18-19H2,1-2H3,(H,36,45)(H,37,43)/t22-,25+/m1/s1. The van der Waals surface area contributed by atoms with Crippen molar-refractivity contribution in [3.8, 4) is 5.75 Å². The number of morpholine rings is 1. The average molecular weight is 687 g/mol. The minimum absolute atomic E-state index is 0.000736. The predicted octanol–water partition coefficient (Wildman–Crippen LogP) is 0.671. The van der Waals surface area contributed by atoms with Gasteiger partial charge >= 0.3 is 5.97 Å². The number of nitrogens with one attached hydrogen (secondary N) is 2. The molecule has 1 aromatic carbocycles. The quantitative estimate of drug-likeness (QED) is 0.196. The number of carbonyl (C=O) groups is 4. The number of hydrogen-bond acceptors (Lipinski definition) is 10. The Balaban J connectivity index is 1.18. The molecule has 3 fully saturated rings. The lowest BCUT2D eigenvalue weighted by Gasteiger charge is -2.36. The Morgan fingerprint density at radius 3 is 2.59 bits per heavy atom. The van der Waals surface area contributed by atoms with Crippen molar-refractivity contribution in [3.63, 3.8) is 0 Å². The Kier molecular flexibility index (Phi) is 9.99. The number of esters is 1. The van der Waals surface area contributed by atoms with Crippen LogP contribution in [0.5, 0.6) is 5.75 Å². The van der Waals surface area contributed by atoms with Crippen LogP contribution in [-0.2, 0) is 32.2 Å². The molecule has 14 nitrogen and oxygen atoms in total. The van der Waals surface area contributed by atoms with Gasteiger partial charge in [0.2, 0.25) is 23.9 Å². The second-order valence-electron chi connectivity index (χ2n) is 13.1. The maximum atomic E-state index is 14.2. The van der Waals surface area contributed by atoms with Crippen LogP contribution in [0.3, 0.4) is 0 Å². The largest absolute Gasteiger partial charge is 0.451 e. The van der Waals surface area contributed by atoms with Gasteiger partial charge in [0.05, 0.1) is 19.8 Å². The third-order valence-corrected chi connectivity index (χ3v) is 9.62. The number of pyridine rings is 1. The molecule has 6 rings (SSSR count). The second kappa shape index (κ2) is 14.2. The van der Waals surface area contributed by atoms with E-state index in [9.17, 15) is 32.8 Å². The fourth-order valence-electron chi connectivity index (χ4n) is 6.73. The van der Waals surface area contributed by atoms with Crippen LogP contribution >= 0.6 is 0 Å². The molecular weight excluding hydrogens is 646 g/mol. The Hall–Kier alpha value is -4.41. The number of rotatable bonds is 11. The normalized spacial score (nSPS) is 20.7. The summed E-state index contributed by atoms with van der Waals surface area (Å²) in [4.78, 5) is 72.8. The van der Waals surface area contributed by atoms with E-state index in [1.807, 2.05) is 0 Å². The molecule has 0 aliphatic carbocycles. The van der Waals surface area contributed by atoms with E-state index < -0.39 is 58.7 Å². The summed E-state index contributed by atoms with van der Waals surface area (Å²) in [5, 5.41) is 5.22. The topological polar surface area (TPSA) is 152 Å². The Labute approximate surface area is 281 Å². The second-order valence-corrected chi connectivity index (χ2v) is 13.1. The summed E-state index contributed by atoms with van der Waals surface area (Å²) in [7, 11) is 0. The summed E-state index contributed by atoms with van der Waals surface area (Å²) < 4.78 is 45.4. The highest BCUT2D eigenvalue weighted by Gasteiger charge is 2.48. The SMILES string of the molecule is CC(C)(C(=O)NCCN1CCOCC1)C(=O)OCOc1c2n(cc(C(=O)NCc3ccc(F)cc3F)c1=O)C[C@@H]1N(C[C@H]3CCCN31)C2=O. The van der Waals surface area contributed by atoms with E-state index in [4.69, 9.17) is 14.2 Å². The summed E-state index contributed by atoms with van der Waals surface area (Å²) in [6.07, 6.45) is 2.91. The Morgan fingerprint density at radius 2 is 1.84 bits per heavy atom. The Morgan fingerprint density at radius 1 is 1.06 bits per heavy atom. The predicted molar refractivity (Wildman–Crippen MR) is 168 cm³/mol. The van der Waals surface area contributed by atoms with Crippen LogP contribution < -0.4 is 20.8 Å². The van der Waals surface area contributed by atoms with Gasteiger partial charge in [-0.15, -0.1) is 0 Å². The number of amides is 3. The molecule has 2 aromatic rings. The van der Waals surface area contributed by atoms with E-state index >= 15 is 0 Å². The maximum absolute atomic E-state index is 14.2. The van der Waals surface area contributed by atoms with Gasteiger partial charge in [-0.3, -0.25) is 33.8 Å². The summed E-state index contributed by atoms with van der Waals surface area (Å²) in [5.41, 5.74) is -3.03. The summed E-state index contributed by atoms with van der Waals surface area (Å²) in [6.45, 7) is 6.80. The molecule has 3 amide bonds. The monoisotopic (exact) mass is 686 g/mol. The first-order valence-corrected chi connectivity index (χ1v) is 16.4. The van der Waals surface area contributed by atoms with Gasteiger partial charge in [0.1, 0.15) is 28.8 Å². The Bertz CT molecular complexity index is 1690. The van der Waals surface area contributed by atoms with E-state index in [0.717, 1.165) is 38.5 Å². The molecule has 0 unspecified atom stereocenters. The van der Waals surface area contributed by atoms with Gasteiger partial charge in [0, 0.05) is 69.7 Å². The van der Waals surface area contributed by atoms with Crippen molar-refractivity contribution in [1.29, 1.82) is 0 Å². The molecule has 4 aliphatic rings. The lowest BCUT2D eigenvalue weighted by atomic mass is 9.92. The maximum Gasteiger partial charge on any atom is 0.323 e. The van der Waals surface area contributed by atoms with Crippen molar-refractivity contribution >= 4 is 23.7 Å². The number of halogens is 2. The zero-order chi connectivity index (χ0) is 34.9. The smallest absolute Gasteiger partial charge is 0.323 e. The van der Waals surface area contributed by atoms with E-state index in [0.29, 0.717) is 38.9 Å². The fourth-order valence-corrected chi connectivity index (χ4v) is 6.73. The van der Waals surface area contributed by atoms with Crippen molar-refractivity contribution < 1.29 is 42.2 Å². The summed E-state index contributed by atoms with van der Waals surface area (Å²) >= 11 is 0. The highest BCUT2D eigenvalue weighted by Crippen LogP contribution is 2.35.